The van der Waals surface area contributed by atoms with Crippen LogP contribution in [0.1, 0.15) is 5.56 Å². The molecule has 1 fully saturated rings. The Morgan fingerprint density at radius 2 is 1.69 bits per heavy atom. The van der Waals surface area contributed by atoms with E-state index in [2.05, 4.69) is 5.32 Å². The zero-order chi connectivity index (χ0) is 21.1. The van der Waals surface area contributed by atoms with Crippen LogP contribution in [-0.4, -0.2) is 60.4 Å². The largest absolute Gasteiger partial charge is 0.493 e. The van der Waals surface area contributed by atoms with E-state index in [1.54, 1.807) is 38.5 Å². The Hall–Kier alpha value is -2.10. The van der Waals surface area contributed by atoms with E-state index in [0.717, 1.165) is 5.56 Å². The minimum atomic E-state index is -3.75. The smallest absolute Gasteiger partial charge is 0.183 e. The molecule has 1 N–H and O–H groups in total. The molecule has 0 radical (unpaired) electrons. The van der Waals surface area contributed by atoms with E-state index in [1.807, 2.05) is 12.1 Å². The molecule has 0 saturated carbocycles. The van der Waals surface area contributed by atoms with Gasteiger partial charge in [0.05, 0.1) is 35.9 Å². The van der Waals surface area contributed by atoms with Crippen molar-refractivity contribution in [3.8, 4) is 11.5 Å². The predicted molar refractivity (Wildman–Crippen MR) is 111 cm³/mol. The van der Waals surface area contributed by atoms with Gasteiger partial charge in [-0.05, 0) is 42.8 Å². The number of rotatable bonds is 8. The van der Waals surface area contributed by atoms with Crippen molar-refractivity contribution in [2.75, 3.05) is 32.3 Å². The summed E-state index contributed by atoms with van der Waals surface area (Å²) in [5.74, 6) is 0.687. The van der Waals surface area contributed by atoms with Gasteiger partial charge in [0, 0.05) is 6.04 Å². The summed E-state index contributed by atoms with van der Waals surface area (Å²) >= 11 is 0. The van der Waals surface area contributed by atoms with Crippen LogP contribution in [0.5, 0.6) is 11.5 Å². The second-order valence-electron chi connectivity index (χ2n) is 6.97. The molecule has 2 atom stereocenters. The number of nitrogens with one attached hydrogen (secondary N) is 1. The van der Waals surface area contributed by atoms with Crippen LogP contribution in [0, 0.1) is 0 Å². The molecular weight excluding hydrogens is 414 g/mol. The van der Waals surface area contributed by atoms with Crippen molar-refractivity contribution in [3.05, 3.63) is 54.1 Å². The Bertz CT molecular complexity index is 1050. The van der Waals surface area contributed by atoms with Crippen LogP contribution < -0.4 is 14.8 Å². The maximum absolute atomic E-state index is 13.0. The second kappa shape index (κ2) is 8.73. The van der Waals surface area contributed by atoms with Crippen LogP contribution in [0.2, 0.25) is 0 Å². The average molecular weight is 440 g/mol. The number of hydrogen-bond donors (Lipinski definition) is 1. The minimum Gasteiger partial charge on any atom is -0.493 e. The summed E-state index contributed by atoms with van der Waals surface area (Å²) in [7, 11) is -4.06. The molecule has 2 aromatic carbocycles. The highest BCUT2D eigenvalue weighted by Crippen LogP contribution is 2.28. The van der Waals surface area contributed by atoms with E-state index in [4.69, 9.17) is 9.47 Å². The van der Waals surface area contributed by atoms with Gasteiger partial charge in [0.1, 0.15) is 0 Å². The number of benzene rings is 2. The summed E-state index contributed by atoms with van der Waals surface area (Å²) < 4.78 is 60.8. The van der Waals surface area contributed by atoms with E-state index < -0.39 is 31.0 Å². The van der Waals surface area contributed by atoms with Gasteiger partial charge in [-0.2, -0.15) is 0 Å². The molecule has 1 aliphatic heterocycles. The molecule has 0 unspecified atom stereocenters. The Morgan fingerprint density at radius 3 is 2.34 bits per heavy atom. The normalized spacial score (nSPS) is 21.0. The van der Waals surface area contributed by atoms with Crippen molar-refractivity contribution < 1.29 is 26.3 Å². The van der Waals surface area contributed by atoms with Crippen molar-refractivity contribution in [2.24, 2.45) is 0 Å². The van der Waals surface area contributed by atoms with E-state index in [1.165, 1.54) is 12.1 Å². The molecule has 1 saturated heterocycles. The van der Waals surface area contributed by atoms with Crippen molar-refractivity contribution in [2.45, 2.75) is 22.6 Å². The van der Waals surface area contributed by atoms with Gasteiger partial charge in [0.25, 0.3) is 0 Å². The van der Waals surface area contributed by atoms with Gasteiger partial charge in [-0.25, -0.2) is 16.8 Å². The number of sulfone groups is 2. The fourth-order valence-electron chi connectivity index (χ4n) is 3.53. The van der Waals surface area contributed by atoms with Gasteiger partial charge in [-0.3, -0.25) is 0 Å². The first-order chi connectivity index (χ1) is 13.8. The highest BCUT2D eigenvalue weighted by Gasteiger charge is 2.45. The minimum absolute atomic E-state index is 0.147. The SMILES string of the molecule is COc1ccc(CCN[C@@H]2CS(=O)(=O)C[C@H]2S(=O)(=O)c2ccccc2)cc1OC. The third-order valence-electron chi connectivity index (χ3n) is 5.04. The lowest BCUT2D eigenvalue weighted by Crippen LogP contribution is -2.44. The summed E-state index contributed by atoms with van der Waals surface area (Å²) in [6.07, 6.45) is 0.592. The lowest BCUT2D eigenvalue weighted by Gasteiger charge is -2.20. The quantitative estimate of drug-likeness (QED) is 0.665. The third kappa shape index (κ3) is 4.91. The molecule has 2 aromatic rings. The van der Waals surface area contributed by atoms with Gasteiger partial charge in [-0.15, -0.1) is 0 Å². The number of methoxy groups -OCH3 is 2. The van der Waals surface area contributed by atoms with E-state index >= 15 is 0 Å². The fraction of sp³-hybridized carbons (Fsp3) is 0.400. The Kier molecular flexibility index (Phi) is 6.50. The zero-order valence-electron chi connectivity index (χ0n) is 16.4. The van der Waals surface area contributed by atoms with Gasteiger partial charge in [0.2, 0.25) is 0 Å². The average Bonchev–Trinajstić information content (AvgIpc) is 3.03. The highest BCUT2D eigenvalue weighted by molar-refractivity contribution is 7.96. The highest BCUT2D eigenvalue weighted by atomic mass is 32.2. The predicted octanol–water partition coefficient (Wildman–Crippen LogP) is 1.48. The molecule has 1 heterocycles. The first kappa shape index (κ1) is 21.6. The summed E-state index contributed by atoms with van der Waals surface area (Å²) in [6.45, 7) is 0.441. The first-order valence-electron chi connectivity index (χ1n) is 9.20. The lowest BCUT2D eigenvalue weighted by molar-refractivity contribution is 0.354. The van der Waals surface area contributed by atoms with Gasteiger partial charge in [-0.1, -0.05) is 24.3 Å². The molecule has 0 aliphatic carbocycles. The van der Waals surface area contributed by atoms with Crippen molar-refractivity contribution in [1.29, 1.82) is 0 Å². The first-order valence-corrected chi connectivity index (χ1v) is 12.6. The molecule has 9 heteroatoms. The monoisotopic (exact) mass is 439 g/mol. The van der Waals surface area contributed by atoms with Crippen LogP contribution in [0.3, 0.4) is 0 Å². The van der Waals surface area contributed by atoms with Crippen molar-refractivity contribution in [3.63, 3.8) is 0 Å². The molecule has 1 aliphatic rings. The van der Waals surface area contributed by atoms with Gasteiger partial charge >= 0.3 is 0 Å². The van der Waals surface area contributed by atoms with Crippen LogP contribution in [0.15, 0.2) is 53.4 Å². The van der Waals surface area contributed by atoms with E-state index in [0.29, 0.717) is 24.5 Å². The van der Waals surface area contributed by atoms with Crippen LogP contribution in [-0.2, 0) is 26.1 Å². The molecule has 0 spiro atoms. The molecule has 0 bridgehead atoms. The van der Waals surface area contributed by atoms with E-state index in [-0.39, 0.29) is 16.4 Å². The summed E-state index contributed by atoms with van der Waals surface area (Å²) in [5.41, 5.74) is 0.971. The maximum Gasteiger partial charge on any atom is 0.183 e. The van der Waals surface area contributed by atoms with E-state index in [9.17, 15) is 16.8 Å². The van der Waals surface area contributed by atoms with Crippen molar-refractivity contribution in [1.82, 2.24) is 5.32 Å². The summed E-state index contributed by atoms with van der Waals surface area (Å²) in [4.78, 5) is 0.147. The Morgan fingerprint density at radius 1 is 1.00 bits per heavy atom. The van der Waals surface area contributed by atoms with Crippen LogP contribution in [0.25, 0.3) is 0 Å². The molecule has 0 amide bonds. The lowest BCUT2D eigenvalue weighted by atomic mass is 10.1. The maximum atomic E-state index is 13.0. The Labute approximate surface area is 171 Å². The topological polar surface area (TPSA) is 98.8 Å². The van der Waals surface area contributed by atoms with Crippen molar-refractivity contribution >= 4 is 19.7 Å². The fourth-order valence-corrected chi connectivity index (χ4v) is 8.27. The number of ether oxygens (including phenoxy) is 2. The third-order valence-corrected chi connectivity index (χ3v) is 9.21. The summed E-state index contributed by atoms with van der Waals surface area (Å²) in [5, 5.41) is 2.15. The second-order valence-corrected chi connectivity index (χ2v) is 11.3. The molecule has 158 valence electrons. The Balaban J connectivity index is 1.72. The van der Waals surface area contributed by atoms with Crippen LogP contribution >= 0.6 is 0 Å². The number of hydrogen-bond acceptors (Lipinski definition) is 7. The molecule has 7 nitrogen and oxygen atoms in total. The van der Waals surface area contributed by atoms with Gasteiger partial charge in [0.15, 0.2) is 31.2 Å². The zero-order valence-corrected chi connectivity index (χ0v) is 18.0. The van der Waals surface area contributed by atoms with Gasteiger partial charge < -0.3 is 14.8 Å². The summed E-state index contributed by atoms with van der Waals surface area (Å²) in [6, 6.07) is 12.9. The molecule has 29 heavy (non-hydrogen) atoms. The molecular formula is C20H25NO6S2. The molecule has 0 aromatic heterocycles. The van der Waals surface area contributed by atoms with Crippen LogP contribution in [0.4, 0.5) is 0 Å². The molecule has 3 rings (SSSR count). The standard InChI is InChI=1S/C20H25NO6S2/c1-26-18-9-8-15(12-19(18)27-2)10-11-21-17-13-28(22,23)14-20(17)29(24,25)16-6-4-3-5-7-16/h3-9,12,17,20-21H,10-11,13-14H2,1-2H3/t17-,20-/m1/s1.